The van der Waals surface area contributed by atoms with Crippen molar-refractivity contribution < 1.29 is 8.42 Å². The lowest BCUT2D eigenvalue weighted by Gasteiger charge is -2.09. The lowest BCUT2D eigenvalue weighted by molar-refractivity contribution is 0.581. The van der Waals surface area contributed by atoms with Crippen molar-refractivity contribution >= 4 is 33.2 Å². The minimum Gasteiger partial charge on any atom is -0.273 e. The van der Waals surface area contributed by atoms with Gasteiger partial charge in [-0.15, -0.1) is 0 Å². The third-order valence-electron chi connectivity index (χ3n) is 3.34. The molecule has 120 valence electrons. The zero-order chi connectivity index (χ0) is 16.5. The van der Waals surface area contributed by atoms with Crippen molar-refractivity contribution in [3.8, 4) is 0 Å². The van der Waals surface area contributed by atoms with E-state index in [1.165, 1.54) is 12.1 Å². The van der Waals surface area contributed by atoms with Gasteiger partial charge in [-0.05, 0) is 37.6 Å². The summed E-state index contributed by atoms with van der Waals surface area (Å²) in [7, 11) is -1.83. The predicted octanol–water partition coefficient (Wildman–Crippen LogP) is 2.86. The van der Waals surface area contributed by atoms with Crippen molar-refractivity contribution in [3.05, 3.63) is 45.2 Å². The first-order chi connectivity index (χ1) is 10.2. The maximum Gasteiger partial charge on any atom is 0.242 e. The summed E-state index contributed by atoms with van der Waals surface area (Å²) in [6.07, 6.45) is 0.505. The van der Waals surface area contributed by atoms with Crippen molar-refractivity contribution in [2.45, 2.75) is 25.2 Å². The standard InChI is InChI=1S/C14H17Cl2N3O2S/c1-9-6-14(13(16)8-12(9)15)22(20,21)17-5-4-11-7-10(2)19(3)18-11/h6-8,17H,4-5H2,1-3H3. The van der Waals surface area contributed by atoms with Crippen LogP contribution in [0.1, 0.15) is 17.0 Å². The summed E-state index contributed by atoms with van der Waals surface area (Å²) in [6.45, 7) is 3.92. The molecule has 0 radical (unpaired) electrons. The van der Waals surface area contributed by atoms with Gasteiger partial charge in [0, 0.05) is 30.7 Å². The minimum absolute atomic E-state index is 0.0354. The molecule has 0 atom stereocenters. The van der Waals surface area contributed by atoms with Gasteiger partial charge in [-0.25, -0.2) is 13.1 Å². The van der Waals surface area contributed by atoms with E-state index in [1.807, 2.05) is 20.0 Å². The summed E-state index contributed by atoms with van der Waals surface area (Å²) < 4.78 is 28.9. The second-order valence-corrected chi connectivity index (χ2v) is 7.63. The highest BCUT2D eigenvalue weighted by molar-refractivity contribution is 7.89. The van der Waals surface area contributed by atoms with E-state index in [0.29, 0.717) is 17.0 Å². The van der Waals surface area contributed by atoms with Gasteiger partial charge < -0.3 is 0 Å². The van der Waals surface area contributed by atoms with Crippen molar-refractivity contribution in [3.63, 3.8) is 0 Å². The van der Waals surface area contributed by atoms with Crippen LogP contribution >= 0.6 is 23.2 Å². The number of hydrogen-bond donors (Lipinski definition) is 1. The molecule has 0 amide bonds. The van der Waals surface area contributed by atoms with E-state index in [9.17, 15) is 8.42 Å². The molecule has 0 aliphatic carbocycles. The molecule has 0 saturated heterocycles. The van der Waals surface area contributed by atoms with Crippen LogP contribution in [0.25, 0.3) is 0 Å². The Labute approximate surface area is 140 Å². The maximum absolute atomic E-state index is 12.3. The number of hydrogen-bond acceptors (Lipinski definition) is 3. The van der Waals surface area contributed by atoms with Crippen molar-refractivity contribution in [2.24, 2.45) is 7.05 Å². The van der Waals surface area contributed by atoms with Crippen LogP contribution < -0.4 is 4.72 Å². The Balaban J connectivity index is 2.10. The minimum atomic E-state index is -3.68. The Morgan fingerprint density at radius 2 is 1.86 bits per heavy atom. The third-order valence-corrected chi connectivity index (χ3v) is 5.67. The topological polar surface area (TPSA) is 64.0 Å². The van der Waals surface area contributed by atoms with E-state index >= 15 is 0 Å². The number of nitrogens with one attached hydrogen (secondary N) is 1. The summed E-state index contributed by atoms with van der Waals surface area (Å²) in [5.74, 6) is 0. The molecule has 0 unspecified atom stereocenters. The molecule has 1 heterocycles. The summed E-state index contributed by atoms with van der Waals surface area (Å²) in [4.78, 5) is 0.0354. The van der Waals surface area contributed by atoms with Crippen LogP contribution in [-0.2, 0) is 23.5 Å². The second kappa shape index (κ2) is 6.58. The first-order valence-electron chi connectivity index (χ1n) is 6.65. The Bertz CT molecular complexity index is 781. The zero-order valence-electron chi connectivity index (χ0n) is 12.5. The maximum atomic E-state index is 12.3. The fourth-order valence-corrected chi connectivity index (χ4v) is 3.85. The lowest BCUT2D eigenvalue weighted by atomic mass is 10.2. The summed E-state index contributed by atoms with van der Waals surface area (Å²) in [5, 5.41) is 4.83. The number of aromatic nitrogens is 2. The molecule has 0 spiro atoms. The molecule has 22 heavy (non-hydrogen) atoms. The van der Waals surface area contributed by atoms with Gasteiger partial charge in [-0.1, -0.05) is 23.2 Å². The van der Waals surface area contributed by atoms with Crippen LogP contribution in [0.4, 0.5) is 0 Å². The highest BCUT2D eigenvalue weighted by atomic mass is 35.5. The van der Waals surface area contributed by atoms with Crippen LogP contribution in [0.3, 0.4) is 0 Å². The SMILES string of the molecule is Cc1cc(S(=O)(=O)NCCc2cc(C)n(C)n2)c(Cl)cc1Cl. The van der Waals surface area contributed by atoms with Crippen molar-refractivity contribution in [1.29, 1.82) is 0 Å². The first-order valence-corrected chi connectivity index (χ1v) is 8.89. The van der Waals surface area contributed by atoms with Crippen LogP contribution in [0.15, 0.2) is 23.1 Å². The number of rotatable bonds is 5. The van der Waals surface area contributed by atoms with Gasteiger partial charge in [0.25, 0.3) is 0 Å². The number of halogens is 2. The number of aryl methyl sites for hydroxylation is 3. The quantitative estimate of drug-likeness (QED) is 0.890. The Hall–Kier alpha value is -1.08. The number of nitrogens with zero attached hydrogens (tertiary/aromatic N) is 2. The van der Waals surface area contributed by atoms with E-state index in [1.54, 1.807) is 11.6 Å². The van der Waals surface area contributed by atoms with E-state index in [-0.39, 0.29) is 16.5 Å². The monoisotopic (exact) mass is 361 g/mol. The summed E-state index contributed by atoms with van der Waals surface area (Å²) >= 11 is 11.9. The van der Waals surface area contributed by atoms with E-state index in [2.05, 4.69) is 9.82 Å². The van der Waals surface area contributed by atoms with Gasteiger partial charge in [0.15, 0.2) is 0 Å². The predicted molar refractivity (Wildman–Crippen MR) is 88.0 cm³/mol. The molecule has 0 aliphatic rings. The van der Waals surface area contributed by atoms with Crippen molar-refractivity contribution in [1.82, 2.24) is 14.5 Å². The molecule has 1 aromatic carbocycles. The molecule has 5 nitrogen and oxygen atoms in total. The molecule has 0 aliphatic heterocycles. The van der Waals surface area contributed by atoms with Crippen LogP contribution in [0, 0.1) is 13.8 Å². The summed E-state index contributed by atoms with van der Waals surface area (Å²) in [5.41, 5.74) is 2.52. The zero-order valence-corrected chi connectivity index (χ0v) is 14.8. The van der Waals surface area contributed by atoms with E-state index in [0.717, 1.165) is 11.4 Å². The molecule has 8 heteroatoms. The molecule has 0 fully saturated rings. The first kappa shape index (κ1) is 17.3. The smallest absolute Gasteiger partial charge is 0.242 e. The van der Waals surface area contributed by atoms with Crippen LogP contribution in [0.5, 0.6) is 0 Å². The van der Waals surface area contributed by atoms with Crippen LogP contribution in [0.2, 0.25) is 10.0 Å². The van der Waals surface area contributed by atoms with Gasteiger partial charge in [0.05, 0.1) is 10.7 Å². The molecule has 2 rings (SSSR count). The molecule has 0 bridgehead atoms. The van der Waals surface area contributed by atoms with Gasteiger partial charge in [-0.2, -0.15) is 5.10 Å². The Morgan fingerprint density at radius 1 is 1.18 bits per heavy atom. The van der Waals surface area contributed by atoms with Gasteiger partial charge in [0.2, 0.25) is 10.0 Å². The van der Waals surface area contributed by atoms with Gasteiger partial charge >= 0.3 is 0 Å². The molecule has 1 aromatic heterocycles. The molecular formula is C14H17Cl2N3O2S. The highest BCUT2D eigenvalue weighted by Gasteiger charge is 2.19. The highest BCUT2D eigenvalue weighted by Crippen LogP contribution is 2.27. The van der Waals surface area contributed by atoms with Crippen molar-refractivity contribution in [2.75, 3.05) is 6.54 Å². The largest absolute Gasteiger partial charge is 0.273 e. The molecule has 1 N–H and O–H groups in total. The molecular weight excluding hydrogens is 345 g/mol. The number of sulfonamides is 1. The lowest BCUT2D eigenvalue weighted by Crippen LogP contribution is -2.26. The Kier molecular flexibility index (Phi) is 5.17. The average Bonchev–Trinajstić information content (AvgIpc) is 2.72. The average molecular weight is 362 g/mol. The van der Waals surface area contributed by atoms with Gasteiger partial charge in [-0.3, -0.25) is 4.68 Å². The fourth-order valence-electron chi connectivity index (χ4n) is 1.99. The number of benzene rings is 1. The third kappa shape index (κ3) is 3.81. The summed E-state index contributed by atoms with van der Waals surface area (Å²) in [6, 6.07) is 4.83. The fraction of sp³-hybridized carbons (Fsp3) is 0.357. The van der Waals surface area contributed by atoms with E-state index in [4.69, 9.17) is 23.2 Å². The molecule has 2 aromatic rings. The second-order valence-electron chi connectivity index (χ2n) is 5.08. The molecule has 0 saturated carbocycles. The van der Waals surface area contributed by atoms with Gasteiger partial charge in [0.1, 0.15) is 4.90 Å². The Morgan fingerprint density at radius 3 is 2.45 bits per heavy atom. The van der Waals surface area contributed by atoms with E-state index < -0.39 is 10.0 Å². The van der Waals surface area contributed by atoms with Crippen LogP contribution in [-0.4, -0.2) is 24.7 Å². The normalized spacial score (nSPS) is 11.9.